The maximum atomic E-state index is 13.8. The Morgan fingerprint density at radius 1 is 1.22 bits per heavy atom. The summed E-state index contributed by atoms with van der Waals surface area (Å²) in [6.07, 6.45) is 0. The Morgan fingerprint density at radius 3 is 2.48 bits per heavy atom. The van der Waals surface area contributed by atoms with Gasteiger partial charge in [0.25, 0.3) is 0 Å². The van der Waals surface area contributed by atoms with E-state index in [-0.39, 0.29) is 24.8 Å². The van der Waals surface area contributed by atoms with Crippen LogP contribution in [0.25, 0.3) is 0 Å². The third-order valence-electron chi connectivity index (χ3n) is 3.71. The number of piperazine rings is 1. The summed E-state index contributed by atoms with van der Waals surface area (Å²) in [7, 11) is 0. The van der Waals surface area contributed by atoms with Crippen molar-refractivity contribution in [3.05, 3.63) is 34.6 Å². The molecular formula is C15H19ClFN3O3. The van der Waals surface area contributed by atoms with Crippen LogP contribution in [0.4, 0.5) is 4.39 Å². The molecule has 1 fully saturated rings. The van der Waals surface area contributed by atoms with Gasteiger partial charge >= 0.3 is 5.97 Å². The van der Waals surface area contributed by atoms with Gasteiger partial charge in [-0.1, -0.05) is 17.7 Å². The Bertz CT molecular complexity index is 557. The molecule has 0 radical (unpaired) electrons. The number of aliphatic carboxylic acids is 1. The van der Waals surface area contributed by atoms with Crippen molar-refractivity contribution in [3.63, 3.8) is 0 Å². The van der Waals surface area contributed by atoms with Gasteiger partial charge in [-0.05, 0) is 12.1 Å². The number of nitrogens with zero attached hydrogens (tertiary/aromatic N) is 2. The zero-order valence-corrected chi connectivity index (χ0v) is 13.4. The normalized spacial score (nSPS) is 16.3. The van der Waals surface area contributed by atoms with E-state index >= 15 is 0 Å². The van der Waals surface area contributed by atoms with Crippen molar-refractivity contribution < 1.29 is 19.1 Å². The van der Waals surface area contributed by atoms with Crippen molar-refractivity contribution in [1.82, 2.24) is 15.1 Å². The summed E-state index contributed by atoms with van der Waals surface area (Å²) < 4.78 is 13.8. The van der Waals surface area contributed by atoms with Gasteiger partial charge in [-0.25, -0.2) is 4.39 Å². The smallest absolute Gasteiger partial charge is 0.322 e. The second kappa shape index (κ2) is 8.24. The van der Waals surface area contributed by atoms with E-state index in [0.717, 1.165) is 0 Å². The third-order valence-corrected chi connectivity index (χ3v) is 4.07. The first-order valence-corrected chi connectivity index (χ1v) is 7.69. The quantitative estimate of drug-likeness (QED) is 0.799. The molecule has 1 aromatic rings. The summed E-state index contributed by atoms with van der Waals surface area (Å²) in [5.41, 5.74) is 0.488. The molecule has 126 valence electrons. The Morgan fingerprint density at radius 2 is 1.87 bits per heavy atom. The van der Waals surface area contributed by atoms with E-state index in [0.29, 0.717) is 43.3 Å². The summed E-state index contributed by atoms with van der Waals surface area (Å²) >= 11 is 6.03. The first-order chi connectivity index (χ1) is 11.0. The predicted molar refractivity (Wildman–Crippen MR) is 83.8 cm³/mol. The number of hydrogen-bond acceptors (Lipinski definition) is 4. The molecule has 1 aliphatic heterocycles. The van der Waals surface area contributed by atoms with E-state index < -0.39 is 5.97 Å². The highest BCUT2D eigenvalue weighted by molar-refractivity contribution is 6.31. The number of carboxylic acid groups (broad SMARTS) is 1. The zero-order valence-electron chi connectivity index (χ0n) is 12.6. The summed E-state index contributed by atoms with van der Waals surface area (Å²) in [5, 5.41) is 11.3. The second-order valence-corrected chi connectivity index (χ2v) is 5.83. The molecule has 1 amide bonds. The van der Waals surface area contributed by atoms with Gasteiger partial charge in [0, 0.05) is 43.3 Å². The Kier molecular flexibility index (Phi) is 6.32. The summed E-state index contributed by atoms with van der Waals surface area (Å²) in [4.78, 5) is 26.0. The third kappa shape index (κ3) is 5.46. The lowest BCUT2D eigenvalue weighted by molar-refractivity contribution is -0.138. The van der Waals surface area contributed by atoms with Gasteiger partial charge in [-0.15, -0.1) is 0 Å². The van der Waals surface area contributed by atoms with Crippen molar-refractivity contribution >= 4 is 23.5 Å². The number of rotatable bonds is 6. The van der Waals surface area contributed by atoms with Crippen LogP contribution in [-0.4, -0.2) is 66.1 Å². The molecule has 0 aromatic heterocycles. The van der Waals surface area contributed by atoms with Crippen LogP contribution >= 0.6 is 11.6 Å². The molecule has 0 bridgehead atoms. The highest BCUT2D eigenvalue weighted by Gasteiger charge is 2.20. The predicted octanol–water partition coefficient (Wildman–Crippen LogP) is 0.798. The molecule has 1 saturated heterocycles. The average molecular weight is 344 g/mol. The molecule has 2 N–H and O–H groups in total. The van der Waals surface area contributed by atoms with E-state index in [1.807, 2.05) is 4.90 Å². The van der Waals surface area contributed by atoms with E-state index in [9.17, 15) is 14.0 Å². The Balaban J connectivity index is 1.78. The van der Waals surface area contributed by atoms with Gasteiger partial charge in [0.2, 0.25) is 5.91 Å². The lowest BCUT2D eigenvalue weighted by Gasteiger charge is -2.34. The molecule has 0 unspecified atom stereocenters. The molecule has 1 heterocycles. The van der Waals surface area contributed by atoms with Crippen LogP contribution in [0.15, 0.2) is 18.2 Å². The van der Waals surface area contributed by atoms with Crippen molar-refractivity contribution in [3.8, 4) is 0 Å². The highest BCUT2D eigenvalue weighted by atomic mass is 35.5. The molecule has 1 aromatic carbocycles. The first kappa shape index (κ1) is 17.7. The number of amides is 1. The van der Waals surface area contributed by atoms with Crippen molar-refractivity contribution in [2.24, 2.45) is 0 Å². The topological polar surface area (TPSA) is 72.9 Å². The molecule has 0 spiro atoms. The van der Waals surface area contributed by atoms with Crippen LogP contribution in [-0.2, 0) is 16.1 Å². The lowest BCUT2D eigenvalue weighted by Crippen LogP contribution is -2.49. The van der Waals surface area contributed by atoms with Crippen LogP contribution in [0, 0.1) is 5.82 Å². The van der Waals surface area contributed by atoms with E-state index in [2.05, 4.69) is 10.2 Å². The zero-order chi connectivity index (χ0) is 16.8. The highest BCUT2D eigenvalue weighted by Crippen LogP contribution is 2.21. The second-order valence-electron chi connectivity index (χ2n) is 5.42. The molecule has 8 heteroatoms. The minimum Gasteiger partial charge on any atom is -0.480 e. The molecule has 0 saturated carbocycles. The van der Waals surface area contributed by atoms with Crippen LogP contribution in [0.2, 0.25) is 5.02 Å². The summed E-state index contributed by atoms with van der Waals surface area (Å²) in [6.45, 7) is 2.93. The van der Waals surface area contributed by atoms with Gasteiger partial charge in [-0.2, -0.15) is 0 Å². The van der Waals surface area contributed by atoms with E-state index in [1.165, 1.54) is 6.07 Å². The molecular weight excluding hydrogens is 325 g/mol. The summed E-state index contributed by atoms with van der Waals surface area (Å²) in [6, 6.07) is 4.64. The van der Waals surface area contributed by atoms with Crippen LogP contribution in [0.5, 0.6) is 0 Å². The molecule has 6 nitrogen and oxygen atoms in total. The van der Waals surface area contributed by atoms with Crippen molar-refractivity contribution in [2.45, 2.75) is 6.54 Å². The monoisotopic (exact) mass is 343 g/mol. The fourth-order valence-electron chi connectivity index (χ4n) is 2.45. The molecule has 1 aliphatic rings. The van der Waals surface area contributed by atoms with Crippen molar-refractivity contribution in [1.29, 1.82) is 0 Å². The minimum atomic E-state index is -1.06. The number of nitrogens with one attached hydrogen (secondary N) is 1. The number of carbonyl (C=O) groups is 2. The van der Waals surface area contributed by atoms with Crippen LogP contribution in [0.1, 0.15) is 5.56 Å². The Hall–Kier alpha value is -1.70. The molecule has 2 rings (SSSR count). The van der Waals surface area contributed by atoms with Crippen LogP contribution in [0.3, 0.4) is 0 Å². The Labute approximate surface area is 138 Å². The largest absolute Gasteiger partial charge is 0.480 e. The summed E-state index contributed by atoms with van der Waals surface area (Å²) in [5.74, 6) is -1.68. The van der Waals surface area contributed by atoms with Gasteiger partial charge in [-0.3, -0.25) is 19.4 Å². The lowest BCUT2D eigenvalue weighted by atomic mass is 10.2. The van der Waals surface area contributed by atoms with Gasteiger partial charge in [0.15, 0.2) is 0 Å². The van der Waals surface area contributed by atoms with E-state index in [1.54, 1.807) is 12.1 Å². The standard InChI is InChI=1S/C15H19ClFN3O3/c16-12-2-1-3-13(17)11(12)9-19-4-6-20(7-5-19)10-14(21)18-8-15(22)23/h1-3H,4-10H2,(H,18,21)(H,22,23). The number of carboxylic acids is 1. The fraction of sp³-hybridized carbons (Fsp3) is 0.467. The first-order valence-electron chi connectivity index (χ1n) is 7.32. The number of halogens is 2. The maximum Gasteiger partial charge on any atom is 0.322 e. The number of hydrogen-bond donors (Lipinski definition) is 2. The molecule has 0 atom stereocenters. The van der Waals surface area contributed by atoms with Crippen LogP contribution < -0.4 is 5.32 Å². The van der Waals surface area contributed by atoms with Crippen molar-refractivity contribution in [2.75, 3.05) is 39.3 Å². The average Bonchev–Trinajstić information content (AvgIpc) is 2.51. The van der Waals surface area contributed by atoms with Gasteiger partial charge in [0.05, 0.1) is 6.54 Å². The number of benzene rings is 1. The van der Waals surface area contributed by atoms with E-state index in [4.69, 9.17) is 16.7 Å². The molecule has 0 aliphatic carbocycles. The number of carbonyl (C=O) groups excluding carboxylic acids is 1. The minimum absolute atomic E-state index is 0.168. The maximum absolute atomic E-state index is 13.8. The SMILES string of the molecule is O=C(O)CNC(=O)CN1CCN(Cc2c(F)cccc2Cl)CC1. The fourth-order valence-corrected chi connectivity index (χ4v) is 2.67. The molecule has 23 heavy (non-hydrogen) atoms. The van der Waals surface area contributed by atoms with Gasteiger partial charge in [0.1, 0.15) is 12.4 Å². The van der Waals surface area contributed by atoms with Gasteiger partial charge < -0.3 is 10.4 Å².